The fourth-order valence-corrected chi connectivity index (χ4v) is 3.42. The summed E-state index contributed by atoms with van der Waals surface area (Å²) >= 11 is 0. The molecule has 5 heteroatoms. The Kier molecular flexibility index (Phi) is 3.77. The van der Waals surface area contributed by atoms with E-state index in [-0.39, 0.29) is 6.09 Å². The lowest BCUT2D eigenvalue weighted by molar-refractivity contribution is 0.0584. The number of carbonyl (C=O) groups is 1. The Balaban J connectivity index is 1.95. The lowest BCUT2D eigenvalue weighted by Crippen LogP contribution is -2.35. The van der Waals surface area contributed by atoms with Crippen LogP contribution in [0.15, 0.2) is 23.2 Å². The van der Waals surface area contributed by atoms with E-state index in [1.165, 1.54) is 0 Å². The molecule has 2 aliphatic rings. The van der Waals surface area contributed by atoms with Crippen LogP contribution >= 0.6 is 0 Å². The fourth-order valence-electron chi connectivity index (χ4n) is 3.42. The van der Waals surface area contributed by atoms with Crippen LogP contribution in [0.25, 0.3) is 0 Å². The number of isocyanates is 1. The third-order valence-corrected chi connectivity index (χ3v) is 4.58. The lowest BCUT2D eigenvalue weighted by Gasteiger charge is -2.38. The molecule has 1 amide bonds. The highest BCUT2D eigenvalue weighted by Crippen LogP contribution is 2.48. The molecule has 0 bridgehead atoms. The summed E-state index contributed by atoms with van der Waals surface area (Å²) < 4.78 is 5.49. The number of anilines is 1. The summed E-state index contributed by atoms with van der Waals surface area (Å²) in [6.07, 6.45) is 4.97. The number of hydrogen-bond acceptors (Lipinski definition) is 4. The van der Waals surface area contributed by atoms with Crippen molar-refractivity contribution in [2.24, 2.45) is 4.99 Å². The molecule has 0 spiro atoms. The minimum atomic E-state index is -0.519. The van der Waals surface area contributed by atoms with Crippen molar-refractivity contribution in [3.63, 3.8) is 0 Å². The predicted molar refractivity (Wildman–Crippen MR) is 87.4 cm³/mol. The molecule has 0 atom stereocenters. The molecule has 1 saturated carbocycles. The van der Waals surface area contributed by atoms with Crippen molar-refractivity contribution >= 4 is 17.9 Å². The van der Waals surface area contributed by atoms with Gasteiger partial charge in [-0.1, -0.05) is 12.1 Å². The maximum atomic E-state index is 12.4. The van der Waals surface area contributed by atoms with Gasteiger partial charge in [0.05, 0.1) is 11.2 Å². The van der Waals surface area contributed by atoms with Crippen LogP contribution in [0.5, 0.6) is 0 Å². The van der Waals surface area contributed by atoms with Crippen molar-refractivity contribution < 1.29 is 14.3 Å². The van der Waals surface area contributed by atoms with Gasteiger partial charge in [-0.05, 0) is 63.6 Å². The quantitative estimate of drug-likeness (QED) is 0.618. The second kappa shape index (κ2) is 5.50. The van der Waals surface area contributed by atoms with Gasteiger partial charge in [-0.3, -0.25) is 4.90 Å². The van der Waals surface area contributed by atoms with E-state index < -0.39 is 11.1 Å². The number of nitrogens with zero attached hydrogens (tertiary/aromatic N) is 2. The third kappa shape index (κ3) is 2.77. The first kappa shape index (κ1) is 15.8. The number of amides is 1. The van der Waals surface area contributed by atoms with Crippen molar-refractivity contribution in [3.8, 4) is 0 Å². The molecule has 1 aliphatic carbocycles. The summed E-state index contributed by atoms with van der Waals surface area (Å²) in [5.41, 5.74) is 2.10. The highest BCUT2D eigenvalue weighted by molar-refractivity contribution is 5.91. The lowest BCUT2D eigenvalue weighted by atomic mass is 9.70. The number of ether oxygens (including phenoxy) is 1. The van der Waals surface area contributed by atoms with Crippen LogP contribution < -0.4 is 4.90 Å². The zero-order valence-corrected chi connectivity index (χ0v) is 13.9. The monoisotopic (exact) mass is 314 g/mol. The van der Waals surface area contributed by atoms with Crippen molar-refractivity contribution in [1.29, 1.82) is 0 Å². The molecule has 3 rings (SSSR count). The SMILES string of the molecule is CC(C)(C)OC(=O)N1CCc2c1cccc2C1(N=C=O)CCC1. The van der Waals surface area contributed by atoms with Gasteiger partial charge in [-0.15, -0.1) is 0 Å². The van der Waals surface area contributed by atoms with Crippen molar-refractivity contribution in [3.05, 3.63) is 29.3 Å². The van der Waals surface area contributed by atoms with Gasteiger partial charge >= 0.3 is 6.09 Å². The Hall–Kier alpha value is -2.13. The van der Waals surface area contributed by atoms with Crippen molar-refractivity contribution in [1.82, 2.24) is 0 Å². The normalized spacial score (nSPS) is 18.7. The number of aliphatic imine (C=N–C) groups is 1. The standard InChI is InChI=1S/C18H22N2O3/c1-17(2,3)23-16(22)20-11-8-13-14(6-4-7-15(13)20)18(19-12-21)9-5-10-18/h4,6-7H,5,8-11H2,1-3H3. The summed E-state index contributed by atoms with van der Waals surface area (Å²) in [4.78, 5) is 29.0. The van der Waals surface area contributed by atoms with Crippen LogP contribution in [0.3, 0.4) is 0 Å². The molecule has 1 fully saturated rings. The molecule has 122 valence electrons. The summed E-state index contributed by atoms with van der Waals surface area (Å²) in [5, 5.41) is 0. The topological polar surface area (TPSA) is 59.0 Å². The first-order chi connectivity index (χ1) is 10.9. The van der Waals surface area contributed by atoms with Crippen molar-refractivity contribution in [2.45, 2.75) is 57.6 Å². The van der Waals surface area contributed by atoms with Crippen LogP contribution in [-0.2, 0) is 21.5 Å². The van der Waals surface area contributed by atoms with E-state index in [4.69, 9.17) is 4.74 Å². The molecule has 0 saturated heterocycles. The van der Waals surface area contributed by atoms with E-state index >= 15 is 0 Å². The van der Waals surface area contributed by atoms with E-state index in [9.17, 15) is 9.59 Å². The Morgan fingerprint density at radius 2 is 2.09 bits per heavy atom. The Bertz CT molecular complexity index is 680. The summed E-state index contributed by atoms with van der Waals surface area (Å²) in [7, 11) is 0. The van der Waals surface area contributed by atoms with E-state index in [2.05, 4.69) is 4.99 Å². The van der Waals surface area contributed by atoms with Crippen LogP contribution in [0, 0.1) is 0 Å². The largest absolute Gasteiger partial charge is 0.443 e. The van der Waals surface area contributed by atoms with Gasteiger partial charge in [0.2, 0.25) is 6.08 Å². The third-order valence-electron chi connectivity index (χ3n) is 4.58. The van der Waals surface area contributed by atoms with Gasteiger partial charge in [0.15, 0.2) is 0 Å². The zero-order chi connectivity index (χ0) is 16.7. The first-order valence-corrected chi connectivity index (χ1v) is 8.08. The Labute approximate surface area is 136 Å². The predicted octanol–water partition coefficient (Wildman–Crippen LogP) is 3.70. The van der Waals surface area contributed by atoms with E-state index in [0.717, 1.165) is 42.5 Å². The fraction of sp³-hybridized carbons (Fsp3) is 0.556. The van der Waals surface area contributed by atoms with Gasteiger partial charge in [0.25, 0.3) is 0 Å². The van der Waals surface area contributed by atoms with E-state index in [0.29, 0.717) is 6.54 Å². The first-order valence-electron chi connectivity index (χ1n) is 8.08. The Morgan fingerprint density at radius 3 is 2.65 bits per heavy atom. The number of fused-ring (bicyclic) bond motifs is 1. The van der Waals surface area contributed by atoms with Gasteiger partial charge in [-0.2, -0.15) is 4.99 Å². The van der Waals surface area contributed by atoms with Gasteiger partial charge in [-0.25, -0.2) is 9.59 Å². The number of benzene rings is 1. The molecule has 1 aromatic carbocycles. The second-order valence-corrected chi connectivity index (χ2v) is 7.27. The molecule has 23 heavy (non-hydrogen) atoms. The summed E-state index contributed by atoms with van der Waals surface area (Å²) in [5.74, 6) is 0. The summed E-state index contributed by atoms with van der Waals surface area (Å²) in [6, 6.07) is 5.89. The van der Waals surface area contributed by atoms with Crippen molar-refractivity contribution in [2.75, 3.05) is 11.4 Å². The van der Waals surface area contributed by atoms with Gasteiger partial charge in [0.1, 0.15) is 5.60 Å². The minimum Gasteiger partial charge on any atom is -0.443 e. The number of hydrogen-bond donors (Lipinski definition) is 0. The highest BCUT2D eigenvalue weighted by atomic mass is 16.6. The van der Waals surface area contributed by atoms with E-state index in [1.54, 1.807) is 11.0 Å². The zero-order valence-electron chi connectivity index (χ0n) is 13.9. The molecular formula is C18H22N2O3. The Morgan fingerprint density at radius 1 is 1.35 bits per heavy atom. The average Bonchev–Trinajstić information content (AvgIpc) is 2.85. The van der Waals surface area contributed by atoms with Gasteiger partial charge in [0, 0.05) is 6.54 Å². The smallest absolute Gasteiger partial charge is 0.414 e. The second-order valence-electron chi connectivity index (χ2n) is 7.27. The molecule has 1 heterocycles. The maximum Gasteiger partial charge on any atom is 0.414 e. The average molecular weight is 314 g/mol. The maximum absolute atomic E-state index is 12.4. The molecule has 0 N–H and O–H groups in total. The van der Waals surface area contributed by atoms with Crippen LogP contribution in [-0.4, -0.2) is 24.3 Å². The molecule has 1 aromatic rings. The van der Waals surface area contributed by atoms with Crippen LogP contribution in [0.1, 0.15) is 51.2 Å². The molecular weight excluding hydrogens is 292 g/mol. The van der Waals surface area contributed by atoms with Gasteiger partial charge < -0.3 is 4.74 Å². The number of carbonyl (C=O) groups excluding carboxylic acids is 2. The molecule has 0 unspecified atom stereocenters. The van der Waals surface area contributed by atoms with Crippen LogP contribution in [0.2, 0.25) is 0 Å². The van der Waals surface area contributed by atoms with E-state index in [1.807, 2.05) is 39.0 Å². The number of rotatable bonds is 2. The molecule has 5 nitrogen and oxygen atoms in total. The molecule has 0 aromatic heterocycles. The minimum absolute atomic E-state index is 0.324. The summed E-state index contributed by atoms with van der Waals surface area (Å²) in [6.45, 7) is 6.18. The van der Waals surface area contributed by atoms with Crippen LogP contribution in [0.4, 0.5) is 10.5 Å². The molecule has 0 radical (unpaired) electrons. The molecule has 1 aliphatic heterocycles. The highest BCUT2D eigenvalue weighted by Gasteiger charge is 2.42.